The first-order valence-electron chi connectivity index (χ1n) is 5.37. The lowest BCUT2D eigenvalue weighted by Crippen LogP contribution is -2.15. The van der Waals surface area contributed by atoms with E-state index in [0.717, 1.165) is 12.5 Å². The maximum atomic E-state index is 12.5. The van der Waals surface area contributed by atoms with Crippen molar-refractivity contribution in [3.63, 3.8) is 0 Å². The number of carbonyl (C=O) groups is 1. The number of anilines is 1. The Morgan fingerprint density at radius 3 is 2.56 bits per heavy atom. The molecular formula is C11H11F3N2O2. The Kier molecular flexibility index (Phi) is 2.92. The molecule has 2 atom stereocenters. The molecule has 0 bridgehead atoms. The molecule has 1 aromatic rings. The van der Waals surface area contributed by atoms with Crippen molar-refractivity contribution in [2.24, 2.45) is 5.92 Å². The van der Waals surface area contributed by atoms with Gasteiger partial charge in [0.2, 0.25) is 0 Å². The van der Waals surface area contributed by atoms with Gasteiger partial charge in [0.15, 0.2) is 0 Å². The lowest BCUT2D eigenvalue weighted by Gasteiger charge is -2.11. The van der Waals surface area contributed by atoms with E-state index in [1.54, 1.807) is 0 Å². The van der Waals surface area contributed by atoms with Crippen molar-refractivity contribution >= 4 is 11.8 Å². The SMILES string of the molecule is CC1CC1Nc1nc(C(F)(F)F)ccc1C(=O)O. The number of halogens is 3. The number of rotatable bonds is 3. The van der Waals surface area contributed by atoms with Crippen LogP contribution in [0.5, 0.6) is 0 Å². The monoisotopic (exact) mass is 260 g/mol. The highest BCUT2D eigenvalue weighted by atomic mass is 19.4. The molecule has 1 aliphatic carbocycles. The predicted octanol–water partition coefficient (Wildman–Crippen LogP) is 2.62. The number of aromatic carboxylic acids is 1. The van der Waals surface area contributed by atoms with Gasteiger partial charge >= 0.3 is 12.1 Å². The fraction of sp³-hybridized carbons (Fsp3) is 0.455. The summed E-state index contributed by atoms with van der Waals surface area (Å²) < 4.78 is 37.5. The van der Waals surface area contributed by atoms with Gasteiger partial charge in [-0.3, -0.25) is 0 Å². The largest absolute Gasteiger partial charge is 0.478 e. The van der Waals surface area contributed by atoms with Gasteiger partial charge in [0.05, 0.1) is 0 Å². The molecule has 98 valence electrons. The summed E-state index contributed by atoms with van der Waals surface area (Å²) in [4.78, 5) is 14.3. The van der Waals surface area contributed by atoms with E-state index in [2.05, 4.69) is 10.3 Å². The highest BCUT2D eigenvalue weighted by molar-refractivity contribution is 5.93. The first-order chi connectivity index (χ1) is 8.29. The van der Waals surface area contributed by atoms with Gasteiger partial charge in [-0.15, -0.1) is 0 Å². The van der Waals surface area contributed by atoms with Gasteiger partial charge in [0.25, 0.3) is 0 Å². The Hall–Kier alpha value is -1.79. The third kappa shape index (κ3) is 2.55. The smallest absolute Gasteiger partial charge is 0.433 e. The minimum atomic E-state index is -4.58. The number of pyridine rings is 1. The first-order valence-corrected chi connectivity index (χ1v) is 5.37. The zero-order valence-corrected chi connectivity index (χ0v) is 9.45. The summed E-state index contributed by atoms with van der Waals surface area (Å²) in [5, 5.41) is 11.6. The number of carboxylic acid groups (broad SMARTS) is 1. The number of hydrogen-bond donors (Lipinski definition) is 2. The topological polar surface area (TPSA) is 62.2 Å². The van der Waals surface area contributed by atoms with Gasteiger partial charge in [-0.1, -0.05) is 6.92 Å². The molecule has 0 spiro atoms. The minimum Gasteiger partial charge on any atom is -0.478 e. The maximum Gasteiger partial charge on any atom is 0.433 e. The van der Waals surface area contributed by atoms with E-state index in [1.165, 1.54) is 0 Å². The standard InChI is InChI=1S/C11H11F3N2O2/c1-5-4-7(5)15-9-6(10(17)18)2-3-8(16-9)11(12,13)14/h2-3,5,7H,4H2,1H3,(H,15,16)(H,17,18). The summed E-state index contributed by atoms with van der Waals surface area (Å²) in [5.41, 5.74) is -1.34. The molecule has 7 heteroatoms. The summed E-state index contributed by atoms with van der Waals surface area (Å²) in [5.74, 6) is -1.19. The van der Waals surface area contributed by atoms with Crippen molar-refractivity contribution in [1.82, 2.24) is 4.98 Å². The highest BCUT2D eigenvalue weighted by Crippen LogP contribution is 2.34. The summed E-state index contributed by atoms with van der Waals surface area (Å²) in [6.45, 7) is 1.92. The second-order valence-electron chi connectivity index (χ2n) is 4.36. The maximum absolute atomic E-state index is 12.5. The average Bonchev–Trinajstić information content (AvgIpc) is 2.92. The molecule has 1 aromatic heterocycles. The summed E-state index contributed by atoms with van der Waals surface area (Å²) in [7, 11) is 0. The van der Waals surface area contributed by atoms with Crippen LogP contribution < -0.4 is 5.32 Å². The molecule has 2 N–H and O–H groups in total. The molecule has 0 aromatic carbocycles. The second kappa shape index (κ2) is 4.15. The molecule has 1 fully saturated rings. The molecule has 0 saturated heterocycles. The Morgan fingerprint density at radius 2 is 2.11 bits per heavy atom. The second-order valence-corrected chi connectivity index (χ2v) is 4.36. The fourth-order valence-electron chi connectivity index (χ4n) is 1.60. The molecule has 1 saturated carbocycles. The minimum absolute atomic E-state index is 0.000848. The van der Waals surface area contributed by atoms with Crippen LogP contribution in [0.25, 0.3) is 0 Å². The summed E-state index contributed by atoms with van der Waals surface area (Å²) >= 11 is 0. The predicted molar refractivity (Wildman–Crippen MR) is 57.4 cm³/mol. The van der Waals surface area contributed by atoms with Gasteiger partial charge in [0, 0.05) is 6.04 Å². The van der Waals surface area contributed by atoms with Crippen molar-refractivity contribution in [2.75, 3.05) is 5.32 Å². The molecule has 0 aliphatic heterocycles. The van der Waals surface area contributed by atoms with Crippen LogP contribution in [-0.2, 0) is 6.18 Å². The number of carboxylic acids is 1. The molecular weight excluding hydrogens is 249 g/mol. The molecule has 1 aliphatic rings. The Morgan fingerprint density at radius 1 is 1.50 bits per heavy atom. The Labute approximate surface area is 101 Å². The summed E-state index contributed by atoms with van der Waals surface area (Å²) in [6, 6.07) is 1.59. The molecule has 0 radical (unpaired) electrons. The van der Waals surface area contributed by atoms with Crippen LogP contribution in [0.3, 0.4) is 0 Å². The third-order valence-corrected chi connectivity index (χ3v) is 2.85. The molecule has 2 rings (SSSR count). The zero-order chi connectivity index (χ0) is 13.5. The summed E-state index contributed by atoms with van der Waals surface area (Å²) in [6.07, 6.45) is -3.78. The van der Waals surface area contributed by atoms with Gasteiger partial charge in [-0.05, 0) is 24.5 Å². The van der Waals surface area contributed by atoms with Crippen LogP contribution in [0.15, 0.2) is 12.1 Å². The van der Waals surface area contributed by atoms with Crippen LogP contribution in [0.4, 0.5) is 19.0 Å². The lowest BCUT2D eigenvalue weighted by molar-refractivity contribution is -0.141. The van der Waals surface area contributed by atoms with Crippen LogP contribution in [-0.4, -0.2) is 22.1 Å². The third-order valence-electron chi connectivity index (χ3n) is 2.85. The van der Waals surface area contributed by atoms with E-state index >= 15 is 0 Å². The highest BCUT2D eigenvalue weighted by Gasteiger charge is 2.36. The van der Waals surface area contributed by atoms with Crippen molar-refractivity contribution < 1.29 is 23.1 Å². The van der Waals surface area contributed by atoms with E-state index in [-0.39, 0.29) is 17.4 Å². The van der Waals surface area contributed by atoms with E-state index in [9.17, 15) is 18.0 Å². The van der Waals surface area contributed by atoms with Crippen LogP contribution in [0, 0.1) is 5.92 Å². The Bertz CT molecular complexity index is 488. The van der Waals surface area contributed by atoms with Crippen LogP contribution in [0.2, 0.25) is 0 Å². The molecule has 18 heavy (non-hydrogen) atoms. The molecule has 4 nitrogen and oxygen atoms in total. The van der Waals surface area contributed by atoms with E-state index in [1.807, 2.05) is 6.92 Å². The van der Waals surface area contributed by atoms with Crippen molar-refractivity contribution in [3.05, 3.63) is 23.4 Å². The average molecular weight is 260 g/mol. The van der Waals surface area contributed by atoms with Gasteiger partial charge in [0.1, 0.15) is 17.1 Å². The van der Waals surface area contributed by atoms with Crippen molar-refractivity contribution in [1.29, 1.82) is 0 Å². The molecule has 2 unspecified atom stereocenters. The van der Waals surface area contributed by atoms with E-state index in [4.69, 9.17) is 5.11 Å². The zero-order valence-electron chi connectivity index (χ0n) is 9.45. The molecule has 0 amide bonds. The number of hydrogen-bond acceptors (Lipinski definition) is 3. The lowest BCUT2D eigenvalue weighted by atomic mass is 10.2. The number of nitrogens with one attached hydrogen (secondary N) is 1. The van der Waals surface area contributed by atoms with Gasteiger partial charge in [-0.25, -0.2) is 9.78 Å². The quantitative estimate of drug-likeness (QED) is 0.877. The van der Waals surface area contributed by atoms with Crippen molar-refractivity contribution in [2.45, 2.75) is 25.6 Å². The number of alkyl halides is 3. The van der Waals surface area contributed by atoms with E-state index in [0.29, 0.717) is 12.0 Å². The van der Waals surface area contributed by atoms with Gasteiger partial charge < -0.3 is 10.4 Å². The number of nitrogens with zero attached hydrogens (tertiary/aromatic N) is 1. The van der Waals surface area contributed by atoms with Crippen LogP contribution >= 0.6 is 0 Å². The van der Waals surface area contributed by atoms with Crippen LogP contribution in [0.1, 0.15) is 29.4 Å². The fourth-order valence-corrected chi connectivity index (χ4v) is 1.60. The number of aromatic nitrogens is 1. The first kappa shape index (κ1) is 12.7. The van der Waals surface area contributed by atoms with E-state index < -0.39 is 17.8 Å². The normalized spacial score (nSPS) is 22.7. The van der Waals surface area contributed by atoms with Gasteiger partial charge in [-0.2, -0.15) is 13.2 Å². The van der Waals surface area contributed by atoms with Crippen molar-refractivity contribution in [3.8, 4) is 0 Å². The Balaban J connectivity index is 2.35. The molecule has 1 heterocycles.